The molecule has 0 saturated carbocycles. The monoisotopic (exact) mass is 782 g/mol. The second kappa shape index (κ2) is 15.2. The highest BCUT2D eigenvalue weighted by Gasteiger charge is 2.20. The van der Waals surface area contributed by atoms with E-state index in [0.717, 1.165) is 51.6 Å². The molecule has 0 radical (unpaired) electrons. The molecule has 11 aromatic rings. The van der Waals surface area contributed by atoms with Gasteiger partial charge >= 0.3 is 0 Å². The maximum atomic E-state index is 5.16. The maximum Gasteiger partial charge on any atom is 0.164 e. The van der Waals surface area contributed by atoms with Crippen LogP contribution in [0.3, 0.4) is 0 Å². The fraction of sp³-hybridized carbons (Fsp3) is 0.0702. The second-order valence-electron chi connectivity index (χ2n) is 15.9. The molecule has 0 aliphatic heterocycles. The molecule has 2 heterocycles. The third-order valence-corrected chi connectivity index (χ3v) is 12.1. The van der Waals surface area contributed by atoms with Crippen LogP contribution in [-0.4, -0.2) is 19.5 Å². The molecule has 2 aromatic heterocycles. The van der Waals surface area contributed by atoms with Crippen LogP contribution in [-0.2, 0) is 6.42 Å². The number of fused-ring (bicyclic) bond motifs is 5. The van der Waals surface area contributed by atoms with E-state index in [0.29, 0.717) is 17.5 Å². The Morgan fingerprint density at radius 3 is 1.80 bits per heavy atom. The molecule has 0 spiro atoms. The standard InChI is InChI=1S/C57H42N4/c1-3-15-41-29-28-40-18-10-11-22-47(40)54(41)50-36-51-48-23-12-13-25-52(48)61(53(51)34-37(50)2)45-32-33-46-44(35-45)21-14-24-49(46)57-59-55(42-19-8-5-9-20-42)58-56(60-57)43-30-26-39(27-31-43)38-16-6-4-7-17-38/h4-14,16-36H,3,15H2,1-2H3. The van der Waals surface area contributed by atoms with Crippen molar-refractivity contribution < 1.29 is 0 Å². The number of aryl methyl sites for hydroxylation is 2. The topological polar surface area (TPSA) is 43.6 Å². The lowest BCUT2D eigenvalue weighted by atomic mass is 9.88. The minimum Gasteiger partial charge on any atom is -0.309 e. The summed E-state index contributed by atoms with van der Waals surface area (Å²) in [5.41, 5.74) is 14.0. The zero-order chi connectivity index (χ0) is 40.9. The average Bonchev–Trinajstić information content (AvgIpc) is 3.64. The predicted octanol–water partition coefficient (Wildman–Crippen LogP) is 14.9. The van der Waals surface area contributed by atoms with E-state index in [1.807, 2.05) is 24.3 Å². The van der Waals surface area contributed by atoms with Crippen LogP contribution >= 0.6 is 0 Å². The Kier molecular flexibility index (Phi) is 9.05. The number of hydrogen-bond donors (Lipinski definition) is 0. The Hall–Kier alpha value is -7.69. The van der Waals surface area contributed by atoms with Gasteiger partial charge in [0.2, 0.25) is 0 Å². The Labute approximate surface area is 355 Å². The van der Waals surface area contributed by atoms with E-state index in [1.165, 1.54) is 60.4 Å². The van der Waals surface area contributed by atoms with E-state index in [4.69, 9.17) is 15.0 Å². The molecule has 0 aliphatic carbocycles. The van der Waals surface area contributed by atoms with Crippen molar-refractivity contribution in [3.63, 3.8) is 0 Å². The van der Waals surface area contributed by atoms with Crippen LogP contribution in [0.4, 0.5) is 0 Å². The SMILES string of the molecule is CCCc1ccc2ccccc2c1-c1cc2c3ccccc3n(-c3ccc4c(-c5nc(-c6ccccc6)nc(-c6ccc(-c7ccccc7)cc6)n5)cccc4c3)c2cc1C. The van der Waals surface area contributed by atoms with E-state index in [9.17, 15) is 0 Å². The number of aromatic nitrogens is 4. The molecular weight excluding hydrogens is 741 g/mol. The van der Waals surface area contributed by atoms with Gasteiger partial charge in [0.25, 0.3) is 0 Å². The van der Waals surface area contributed by atoms with E-state index < -0.39 is 0 Å². The van der Waals surface area contributed by atoms with Gasteiger partial charge in [-0.1, -0.05) is 177 Å². The highest BCUT2D eigenvalue weighted by atomic mass is 15.0. The number of nitrogens with zero attached hydrogens (tertiary/aromatic N) is 4. The van der Waals surface area contributed by atoms with Crippen LogP contribution < -0.4 is 0 Å². The summed E-state index contributed by atoms with van der Waals surface area (Å²) in [5, 5.41) is 7.28. The van der Waals surface area contributed by atoms with Crippen molar-refractivity contribution in [2.24, 2.45) is 0 Å². The summed E-state index contributed by atoms with van der Waals surface area (Å²) in [6, 6.07) is 69.4. The van der Waals surface area contributed by atoms with E-state index >= 15 is 0 Å². The number of benzene rings is 9. The Balaban J connectivity index is 1.05. The van der Waals surface area contributed by atoms with Crippen molar-refractivity contribution in [3.8, 4) is 62.1 Å². The summed E-state index contributed by atoms with van der Waals surface area (Å²) >= 11 is 0. The first-order chi connectivity index (χ1) is 30.1. The molecule has 0 atom stereocenters. The molecule has 0 unspecified atom stereocenters. The highest BCUT2D eigenvalue weighted by Crippen LogP contribution is 2.41. The summed E-state index contributed by atoms with van der Waals surface area (Å²) in [5.74, 6) is 1.93. The second-order valence-corrected chi connectivity index (χ2v) is 15.9. The van der Waals surface area contributed by atoms with Crippen LogP contribution in [0.25, 0.3) is 105 Å². The molecule has 0 N–H and O–H groups in total. The lowest BCUT2D eigenvalue weighted by Gasteiger charge is -2.17. The van der Waals surface area contributed by atoms with Gasteiger partial charge in [0, 0.05) is 33.2 Å². The third-order valence-electron chi connectivity index (χ3n) is 12.1. The van der Waals surface area contributed by atoms with Crippen molar-refractivity contribution in [1.82, 2.24) is 19.5 Å². The Bertz CT molecular complexity index is 3420. The Morgan fingerprint density at radius 2 is 1.03 bits per heavy atom. The van der Waals surface area contributed by atoms with Gasteiger partial charge in [-0.05, 0) is 98.6 Å². The normalized spacial score (nSPS) is 11.6. The van der Waals surface area contributed by atoms with E-state index in [-0.39, 0.29) is 0 Å². The first kappa shape index (κ1) is 36.4. The maximum absolute atomic E-state index is 5.16. The van der Waals surface area contributed by atoms with E-state index in [2.05, 4.69) is 188 Å². The van der Waals surface area contributed by atoms with Crippen LogP contribution in [0.2, 0.25) is 0 Å². The van der Waals surface area contributed by atoms with Gasteiger partial charge in [0.1, 0.15) is 0 Å². The number of rotatable bonds is 8. The first-order valence-electron chi connectivity index (χ1n) is 21.2. The predicted molar refractivity (Wildman–Crippen MR) is 255 cm³/mol. The van der Waals surface area contributed by atoms with Gasteiger partial charge in [0.15, 0.2) is 17.5 Å². The molecule has 61 heavy (non-hydrogen) atoms. The summed E-state index contributed by atoms with van der Waals surface area (Å²) in [7, 11) is 0. The molecule has 0 fully saturated rings. The van der Waals surface area contributed by atoms with Crippen LogP contribution in [0.5, 0.6) is 0 Å². The van der Waals surface area contributed by atoms with Gasteiger partial charge in [-0.2, -0.15) is 0 Å². The molecule has 290 valence electrons. The van der Waals surface area contributed by atoms with Crippen molar-refractivity contribution in [2.75, 3.05) is 0 Å². The lowest BCUT2D eigenvalue weighted by molar-refractivity contribution is 0.925. The Morgan fingerprint density at radius 1 is 0.410 bits per heavy atom. The van der Waals surface area contributed by atoms with Crippen molar-refractivity contribution >= 4 is 43.4 Å². The van der Waals surface area contributed by atoms with Crippen molar-refractivity contribution in [2.45, 2.75) is 26.7 Å². The molecule has 9 aromatic carbocycles. The number of para-hydroxylation sites is 1. The molecule has 4 heteroatoms. The zero-order valence-corrected chi connectivity index (χ0v) is 34.2. The van der Waals surface area contributed by atoms with Gasteiger partial charge in [-0.25, -0.2) is 15.0 Å². The van der Waals surface area contributed by atoms with Gasteiger partial charge in [0.05, 0.1) is 11.0 Å². The van der Waals surface area contributed by atoms with Gasteiger partial charge < -0.3 is 4.57 Å². The minimum absolute atomic E-state index is 0.641. The summed E-state index contributed by atoms with van der Waals surface area (Å²) < 4.78 is 2.43. The smallest absolute Gasteiger partial charge is 0.164 e. The first-order valence-corrected chi connectivity index (χ1v) is 21.2. The summed E-state index contributed by atoms with van der Waals surface area (Å²) in [6.45, 7) is 4.54. The molecule has 0 amide bonds. The number of hydrogen-bond acceptors (Lipinski definition) is 3. The third kappa shape index (κ3) is 6.45. The highest BCUT2D eigenvalue weighted by molar-refractivity contribution is 6.12. The fourth-order valence-corrected chi connectivity index (χ4v) is 9.17. The van der Waals surface area contributed by atoms with Crippen LogP contribution in [0.15, 0.2) is 194 Å². The molecule has 0 bridgehead atoms. The largest absolute Gasteiger partial charge is 0.309 e. The fourth-order valence-electron chi connectivity index (χ4n) is 9.17. The quantitative estimate of drug-likeness (QED) is 0.154. The molecule has 11 rings (SSSR count). The van der Waals surface area contributed by atoms with E-state index in [1.54, 1.807) is 0 Å². The molecule has 0 saturated heterocycles. The summed E-state index contributed by atoms with van der Waals surface area (Å²) in [4.78, 5) is 15.3. The van der Waals surface area contributed by atoms with Crippen LogP contribution in [0.1, 0.15) is 24.5 Å². The van der Waals surface area contributed by atoms with Crippen LogP contribution in [0, 0.1) is 6.92 Å². The molecule has 4 nitrogen and oxygen atoms in total. The summed E-state index contributed by atoms with van der Waals surface area (Å²) in [6.07, 6.45) is 2.14. The van der Waals surface area contributed by atoms with Crippen molar-refractivity contribution in [3.05, 3.63) is 205 Å². The average molecular weight is 783 g/mol. The minimum atomic E-state index is 0.641. The van der Waals surface area contributed by atoms with Gasteiger partial charge in [-0.3, -0.25) is 0 Å². The van der Waals surface area contributed by atoms with Gasteiger partial charge in [-0.15, -0.1) is 0 Å². The molecule has 0 aliphatic rings. The molecular formula is C57H42N4. The lowest BCUT2D eigenvalue weighted by Crippen LogP contribution is -2.01. The van der Waals surface area contributed by atoms with Crippen molar-refractivity contribution in [1.29, 1.82) is 0 Å². The zero-order valence-electron chi connectivity index (χ0n) is 34.2.